The summed E-state index contributed by atoms with van der Waals surface area (Å²) < 4.78 is 13.7. The van der Waals surface area contributed by atoms with Crippen molar-refractivity contribution < 1.29 is 4.39 Å². The van der Waals surface area contributed by atoms with Gasteiger partial charge in [0.25, 0.3) is 0 Å². The molecule has 6 heteroatoms. The molecule has 1 aliphatic heterocycles. The molecule has 1 aliphatic rings. The molecule has 0 bridgehead atoms. The average Bonchev–Trinajstić information content (AvgIpc) is 2.97. The van der Waals surface area contributed by atoms with Crippen molar-refractivity contribution in [2.45, 2.75) is 12.8 Å². The predicted octanol–water partition coefficient (Wildman–Crippen LogP) is 1.79. The van der Waals surface area contributed by atoms with Crippen LogP contribution in [0.15, 0.2) is 24.3 Å². The highest BCUT2D eigenvalue weighted by atomic mass is 19.1. The molecule has 2 heterocycles. The van der Waals surface area contributed by atoms with Gasteiger partial charge in [-0.15, -0.1) is 5.10 Å². The van der Waals surface area contributed by atoms with Gasteiger partial charge in [0.1, 0.15) is 5.82 Å². The molecule has 1 atom stereocenters. The fourth-order valence-corrected chi connectivity index (χ4v) is 2.61. The zero-order valence-electron chi connectivity index (χ0n) is 11.2. The smallest absolute Gasteiger partial charge is 0.245 e. The Labute approximate surface area is 117 Å². The van der Waals surface area contributed by atoms with E-state index >= 15 is 0 Å². The standard InChI is InChI=1S/C14H18FN5/c15-12-6-2-1-5-11(12)13-17-14(19-18-13)20-7-3-4-10(8-16)9-20/h1-2,5-6,10H,3-4,7-9,16H2,(H,17,18,19). The van der Waals surface area contributed by atoms with E-state index in [0.717, 1.165) is 25.9 Å². The molecule has 5 nitrogen and oxygen atoms in total. The molecule has 1 saturated heterocycles. The Morgan fingerprint density at radius 3 is 3.05 bits per heavy atom. The minimum Gasteiger partial charge on any atom is -0.339 e. The maximum atomic E-state index is 13.7. The molecule has 1 aromatic heterocycles. The summed E-state index contributed by atoms with van der Waals surface area (Å²) in [5.74, 6) is 1.28. The third-order valence-electron chi connectivity index (χ3n) is 3.74. The van der Waals surface area contributed by atoms with E-state index in [1.807, 2.05) is 0 Å². The van der Waals surface area contributed by atoms with E-state index in [4.69, 9.17) is 5.73 Å². The molecule has 0 radical (unpaired) electrons. The predicted molar refractivity (Wildman–Crippen MR) is 75.8 cm³/mol. The van der Waals surface area contributed by atoms with Gasteiger partial charge in [0.2, 0.25) is 5.95 Å². The van der Waals surface area contributed by atoms with Gasteiger partial charge in [-0.25, -0.2) is 4.39 Å². The molecule has 0 spiro atoms. The van der Waals surface area contributed by atoms with Crippen LogP contribution in [0.3, 0.4) is 0 Å². The second kappa shape index (κ2) is 5.58. The van der Waals surface area contributed by atoms with E-state index in [0.29, 0.717) is 29.8 Å². The van der Waals surface area contributed by atoms with Crippen LogP contribution in [0.2, 0.25) is 0 Å². The van der Waals surface area contributed by atoms with Gasteiger partial charge in [-0.1, -0.05) is 12.1 Å². The molecule has 20 heavy (non-hydrogen) atoms. The number of piperidine rings is 1. The first-order valence-corrected chi connectivity index (χ1v) is 6.90. The fraction of sp³-hybridized carbons (Fsp3) is 0.429. The van der Waals surface area contributed by atoms with Crippen molar-refractivity contribution in [3.63, 3.8) is 0 Å². The number of aromatic nitrogens is 3. The number of hydrogen-bond acceptors (Lipinski definition) is 4. The van der Waals surface area contributed by atoms with Crippen LogP contribution in [-0.4, -0.2) is 34.8 Å². The van der Waals surface area contributed by atoms with Crippen molar-refractivity contribution in [3.8, 4) is 11.4 Å². The van der Waals surface area contributed by atoms with Crippen molar-refractivity contribution in [2.75, 3.05) is 24.5 Å². The third-order valence-corrected chi connectivity index (χ3v) is 3.74. The summed E-state index contributed by atoms with van der Waals surface area (Å²) in [6.07, 6.45) is 2.24. The Hall–Kier alpha value is -1.95. The Balaban J connectivity index is 1.82. The zero-order chi connectivity index (χ0) is 13.9. The van der Waals surface area contributed by atoms with Crippen LogP contribution < -0.4 is 10.6 Å². The number of nitrogens with two attached hydrogens (primary N) is 1. The van der Waals surface area contributed by atoms with Crippen LogP contribution in [0.4, 0.5) is 10.3 Å². The lowest BCUT2D eigenvalue weighted by Gasteiger charge is -2.31. The number of rotatable bonds is 3. The molecule has 0 amide bonds. The van der Waals surface area contributed by atoms with Crippen LogP contribution in [0.1, 0.15) is 12.8 Å². The van der Waals surface area contributed by atoms with Crippen molar-refractivity contribution >= 4 is 5.95 Å². The number of H-pyrrole nitrogens is 1. The maximum absolute atomic E-state index is 13.7. The van der Waals surface area contributed by atoms with Crippen LogP contribution in [0.5, 0.6) is 0 Å². The molecular formula is C14H18FN5. The number of aromatic amines is 1. The van der Waals surface area contributed by atoms with Gasteiger partial charge in [0.05, 0.1) is 5.56 Å². The number of halogens is 1. The highest BCUT2D eigenvalue weighted by molar-refractivity contribution is 5.57. The summed E-state index contributed by atoms with van der Waals surface area (Å²) in [6, 6.07) is 6.56. The normalized spacial score (nSPS) is 19.3. The monoisotopic (exact) mass is 275 g/mol. The molecule has 106 valence electrons. The van der Waals surface area contributed by atoms with E-state index in [1.165, 1.54) is 6.07 Å². The third kappa shape index (κ3) is 2.51. The second-order valence-corrected chi connectivity index (χ2v) is 5.15. The Morgan fingerprint density at radius 1 is 1.40 bits per heavy atom. The molecule has 2 aromatic rings. The van der Waals surface area contributed by atoms with Crippen LogP contribution in [0.25, 0.3) is 11.4 Å². The minimum absolute atomic E-state index is 0.298. The second-order valence-electron chi connectivity index (χ2n) is 5.15. The molecule has 3 N–H and O–H groups in total. The van der Waals surface area contributed by atoms with Gasteiger partial charge < -0.3 is 10.6 Å². The Kier molecular flexibility index (Phi) is 3.64. The first kappa shape index (κ1) is 13.1. The van der Waals surface area contributed by atoms with E-state index in [-0.39, 0.29) is 5.82 Å². The van der Waals surface area contributed by atoms with E-state index < -0.39 is 0 Å². The summed E-state index contributed by atoms with van der Waals surface area (Å²) in [5.41, 5.74) is 6.18. The van der Waals surface area contributed by atoms with Crippen LogP contribution in [0, 0.1) is 11.7 Å². The largest absolute Gasteiger partial charge is 0.339 e. The highest BCUT2D eigenvalue weighted by Gasteiger charge is 2.22. The van der Waals surface area contributed by atoms with E-state index in [9.17, 15) is 4.39 Å². The first-order valence-electron chi connectivity index (χ1n) is 6.90. The minimum atomic E-state index is -0.298. The van der Waals surface area contributed by atoms with Crippen molar-refractivity contribution in [1.29, 1.82) is 0 Å². The van der Waals surface area contributed by atoms with Gasteiger partial charge in [0.15, 0.2) is 5.82 Å². The number of benzene rings is 1. The Morgan fingerprint density at radius 2 is 2.25 bits per heavy atom. The van der Waals surface area contributed by atoms with Crippen LogP contribution >= 0.6 is 0 Å². The zero-order valence-corrected chi connectivity index (χ0v) is 11.2. The summed E-state index contributed by atoms with van der Waals surface area (Å²) in [7, 11) is 0. The summed E-state index contributed by atoms with van der Waals surface area (Å²) in [6.45, 7) is 2.47. The Bertz CT molecular complexity index is 582. The van der Waals surface area contributed by atoms with Crippen LogP contribution in [-0.2, 0) is 0 Å². The summed E-state index contributed by atoms with van der Waals surface area (Å²) >= 11 is 0. The first-order chi connectivity index (χ1) is 9.78. The lowest BCUT2D eigenvalue weighted by molar-refractivity contribution is 0.420. The average molecular weight is 275 g/mol. The maximum Gasteiger partial charge on any atom is 0.245 e. The van der Waals surface area contributed by atoms with Gasteiger partial charge in [-0.2, -0.15) is 4.98 Å². The number of anilines is 1. The molecule has 0 saturated carbocycles. The van der Waals surface area contributed by atoms with E-state index in [1.54, 1.807) is 18.2 Å². The van der Waals surface area contributed by atoms with E-state index in [2.05, 4.69) is 20.1 Å². The van der Waals surface area contributed by atoms with Gasteiger partial charge in [0, 0.05) is 13.1 Å². The van der Waals surface area contributed by atoms with Gasteiger partial charge >= 0.3 is 0 Å². The topological polar surface area (TPSA) is 70.8 Å². The SMILES string of the molecule is NCC1CCCN(c2n[nH]c(-c3ccccc3F)n2)C1. The van der Waals surface area contributed by atoms with Gasteiger partial charge in [-0.05, 0) is 37.4 Å². The number of hydrogen-bond donors (Lipinski definition) is 2. The molecule has 3 rings (SSSR count). The lowest BCUT2D eigenvalue weighted by atomic mass is 9.99. The summed E-state index contributed by atoms with van der Waals surface area (Å²) in [5, 5.41) is 7.03. The molecule has 0 aliphatic carbocycles. The van der Waals surface area contributed by atoms with Crippen molar-refractivity contribution in [3.05, 3.63) is 30.1 Å². The number of nitrogens with one attached hydrogen (secondary N) is 1. The molecule has 1 aromatic carbocycles. The van der Waals surface area contributed by atoms with Crippen molar-refractivity contribution in [2.24, 2.45) is 11.7 Å². The quantitative estimate of drug-likeness (QED) is 0.896. The molecular weight excluding hydrogens is 257 g/mol. The summed E-state index contributed by atoms with van der Waals surface area (Å²) in [4.78, 5) is 6.53. The number of nitrogens with zero attached hydrogens (tertiary/aromatic N) is 3. The highest BCUT2D eigenvalue weighted by Crippen LogP contribution is 2.23. The lowest BCUT2D eigenvalue weighted by Crippen LogP contribution is -2.38. The fourth-order valence-electron chi connectivity index (χ4n) is 2.61. The van der Waals surface area contributed by atoms with Gasteiger partial charge in [-0.3, -0.25) is 5.10 Å². The molecule has 1 unspecified atom stereocenters. The molecule has 1 fully saturated rings. The van der Waals surface area contributed by atoms with Crippen molar-refractivity contribution in [1.82, 2.24) is 15.2 Å².